The van der Waals surface area contributed by atoms with Gasteiger partial charge < -0.3 is 9.21 Å². The molecule has 0 spiro atoms. The Morgan fingerprint density at radius 1 is 1.29 bits per heavy atom. The molecule has 3 rings (SSSR count). The summed E-state index contributed by atoms with van der Waals surface area (Å²) in [5.74, 6) is 0.435. The van der Waals surface area contributed by atoms with Crippen LogP contribution in [0.5, 0.6) is 0 Å². The van der Waals surface area contributed by atoms with Crippen LogP contribution in [-0.4, -0.2) is 29.3 Å². The van der Waals surface area contributed by atoms with E-state index >= 15 is 0 Å². The van der Waals surface area contributed by atoms with Crippen molar-refractivity contribution in [2.24, 2.45) is 5.92 Å². The lowest BCUT2D eigenvalue weighted by molar-refractivity contribution is -0.112. The number of rotatable bonds is 4. The number of nitrogens with zero attached hydrogens (tertiary/aromatic N) is 2. The third-order valence-corrected chi connectivity index (χ3v) is 3.85. The van der Waals surface area contributed by atoms with E-state index in [2.05, 4.69) is 9.88 Å². The van der Waals surface area contributed by atoms with Crippen molar-refractivity contribution in [2.75, 3.05) is 13.1 Å². The summed E-state index contributed by atoms with van der Waals surface area (Å²) in [7, 11) is 0. The van der Waals surface area contributed by atoms with Crippen molar-refractivity contribution in [1.82, 2.24) is 9.88 Å². The predicted molar refractivity (Wildman–Crippen MR) is 76.0 cm³/mol. The van der Waals surface area contributed by atoms with Gasteiger partial charge in [0.25, 0.3) is 0 Å². The molecule has 0 bridgehead atoms. The van der Waals surface area contributed by atoms with Crippen molar-refractivity contribution in [3.05, 3.63) is 42.0 Å². The average Bonchev–Trinajstić information content (AvgIpc) is 2.97. The quantitative estimate of drug-likeness (QED) is 0.812. The van der Waals surface area contributed by atoms with Crippen LogP contribution in [0, 0.1) is 11.7 Å². The van der Waals surface area contributed by atoms with Gasteiger partial charge in [-0.15, -0.1) is 0 Å². The zero-order valence-electron chi connectivity index (χ0n) is 11.7. The van der Waals surface area contributed by atoms with Crippen LogP contribution in [-0.2, 0) is 11.3 Å². The van der Waals surface area contributed by atoms with Gasteiger partial charge in [-0.25, -0.2) is 9.37 Å². The molecular formula is C16H17FN2O2. The summed E-state index contributed by atoms with van der Waals surface area (Å²) in [6.07, 6.45) is 4.52. The van der Waals surface area contributed by atoms with E-state index in [0.29, 0.717) is 5.89 Å². The van der Waals surface area contributed by atoms with Gasteiger partial charge in [-0.1, -0.05) is 0 Å². The molecule has 1 fully saturated rings. The molecule has 1 aromatic heterocycles. The van der Waals surface area contributed by atoms with Gasteiger partial charge in [-0.05, 0) is 50.2 Å². The highest BCUT2D eigenvalue weighted by molar-refractivity contribution is 5.53. The van der Waals surface area contributed by atoms with E-state index in [9.17, 15) is 9.18 Å². The van der Waals surface area contributed by atoms with Crippen molar-refractivity contribution in [2.45, 2.75) is 19.4 Å². The first-order chi connectivity index (χ1) is 10.2. The van der Waals surface area contributed by atoms with E-state index in [4.69, 9.17) is 4.42 Å². The molecule has 5 heteroatoms. The Labute approximate surface area is 122 Å². The minimum Gasteiger partial charge on any atom is -0.444 e. The minimum atomic E-state index is -0.274. The lowest BCUT2D eigenvalue weighted by atomic mass is 9.99. The Morgan fingerprint density at radius 3 is 2.67 bits per heavy atom. The lowest BCUT2D eigenvalue weighted by Gasteiger charge is -2.28. The first kappa shape index (κ1) is 13.9. The largest absolute Gasteiger partial charge is 0.444 e. The van der Waals surface area contributed by atoms with Gasteiger partial charge >= 0.3 is 0 Å². The molecule has 0 atom stereocenters. The van der Waals surface area contributed by atoms with Crippen molar-refractivity contribution < 1.29 is 13.6 Å². The maximum absolute atomic E-state index is 12.9. The lowest BCUT2D eigenvalue weighted by Crippen LogP contribution is -2.33. The molecule has 0 N–H and O–H groups in total. The molecular weight excluding hydrogens is 271 g/mol. The van der Waals surface area contributed by atoms with Crippen LogP contribution in [0.15, 0.2) is 34.9 Å². The second kappa shape index (κ2) is 6.18. The molecule has 4 nitrogen and oxygen atoms in total. The Kier molecular flexibility index (Phi) is 4.10. The number of benzene rings is 1. The molecule has 0 unspecified atom stereocenters. The summed E-state index contributed by atoms with van der Waals surface area (Å²) in [5.41, 5.74) is 1.63. The van der Waals surface area contributed by atoms with Crippen molar-refractivity contribution in [3.63, 3.8) is 0 Å². The Morgan fingerprint density at radius 2 is 2.00 bits per heavy atom. The number of hydrogen-bond acceptors (Lipinski definition) is 4. The van der Waals surface area contributed by atoms with Crippen molar-refractivity contribution >= 4 is 6.29 Å². The van der Waals surface area contributed by atoms with E-state index in [1.807, 2.05) is 0 Å². The van der Waals surface area contributed by atoms with Gasteiger partial charge in [0.2, 0.25) is 5.89 Å². The normalized spacial score (nSPS) is 17.0. The van der Waals surface area contributed by atoms with Gasteiger partial charge in [-0.3, -0.25) is 4.90 Å². The number of likely N-dealkylation sites (tertiary alicyclic amines) is 1. The second-order valence-corrected chi connectivity index (χ2v) is 5.40. The molecule has 1 aromatic carbocycles. The number of oxazole rings is 1. The Bertz CT molecular complexity index is 601. The summed E-state index contributed by atoms with van der Waals surface area (Å²) in [6.45, 7) is 2.53. The van der Waals surface area contributed by atoms with Gasteiger partial charge in [-0.2, -0.15) is 0 Å². The monoisotopic (exact) mass is 288 g/mol. The third-order valence-electron chi connectivity index (χ3n) is 3.85. The van der Waals surface area contributed by atoms with E-state index < -0.39 is 0 Å². The maximum Gasteiger partial charge on any atom is 0.226 e. The number of hydrogen-bond donors (Lipinski definition) is 0. The number of aromatic nitrogens is 1. The van der Waals surface area contributed by atoms with Crippen LogP contribution in [0.2, 0.25) is 0 Å². The van der Waals surface area contributed by atoms with Crippen LogP contribution in [0.3, 0.4) is 0 Å². The van der Waals surface area contributed by atoms with E-state index in [-0.39, 0.29) is 11.7 Å². The number of carbonyl (C=O) groups is 1. The molecule has 0 saturated carbocycles. The van der Waals surface area contributed by atoms with Crippen LogP contribution in [0.4, 0.5) is 4.39 Å². The van der Waals surface area contributed by atoms with Crippen LogP contribution < -0.4 is 0 Å². The standard InChI is InChI=1S/C16H17FN2O2/c17-14-3-1-13(2-4-14)16-18-15(11-21-16)9-19-7-5-12(10-20)6-8-19/h1-4,10-12H,5-9H2. The van der Waals surface area contributed by atoms with Crippen LogP contribution in [0.25, 0.3) is 11.5 Å². The average molecular weight is 288 g/mol. The van der Waals surface area contributed by atoms with Crippen LogP contribution >= 0.6 is 0 Å². The fourth-order valence-corrected chi connectivity index (χ4v) is 2.58. The number of aldehydes is 1. The minimum absolute atomic E-state index is 0.202. The maximum atomic E-state index is 12.9. The highest BCUT2D eigenvalue weighted by atomic mass is 19.1. The first-order valence-corrected chi connectivity index (χ1v) is 7.12. The topological polar surface area (TPSA) is 46.3 Å². The predicted octanol–water partition coefficient (Wildman–Crippen LogP) is 2.89. The molecule has 1 aliphatic rings. The zero-order chi connectivity index (χ0) is 14.7. The summed E-state index contributed by atoms with van der Waals surface area (Å²) < 4.78 is 18.4. The summed E-state index contributed by atoms with van der Waals surface area (Å²) in [5, 5.41) is 0. The van der Waals surface area contributed by atoms with Crippen LogP contribution in [0.1, 0.15) is 18.5 Å². The highest BCUT2D eigenvalue weighted by Gasteiger charge is 2.19. The van der Waals surface area contributed by atoms with Gasteiger partial charge in [0.1, 0.15) is 18.4 Å². The van der Waals surface area contributed by atoms with Gasteiger partial charge in [0.05, 0.1) is 5.69 Å². The molecule has 1 aliphatic heterocycles. The zero-order valence-corrected chi connectivity index (χ0v) is 11.7. The summed E-state index contributed by atoms with van der Waals surface area (Å²) in [4.78, 5) is 17.4. The fourth-order valence-electron chi connectivity index (χ4n) is 2.58. The molecule has 2 aromatic rings. The van der Waals surface area contributed by atoms with E-state index in [1.165, 1.54) is 12.1 Å². The summed E-state index contributed by atoms with van der Waals surface area (Å²) >= 11 is 0. The molecule has 0 aliphatic carbocycles. The summed E-state index contributed by atoms with van der Waals surface area (Å²) in [6, 6.07) is 6.09. The van der Waals surface area contributed by atoms with Gasteiger partial charge in [0.15, 0.2) is 0 Å². The molecule has 110 valence electrons. The molecule has 21 heavy (non-hydrogen) atoms. The number of halogens is 1. The van der Waals surface area contributed by atoms with Gasteiger partial charge in [0, 0.05) is 18.0 Å². The molecule has 0 amide bonds. The molecule has 0 radical (unpaired) electrons. The SMILES string of the molecule is O=CC1CCN(Cc2coc(-c3ccc(F)cc3)n2)CC1. The Balaban J connectivity index is 1.63. The Hall–Kier alpha value is -2.01. The second-order valence-electron chi connectivity index (χ2n) is 5.40. The number of carbonyl (C=O) groups excluding carboxylic acids is 1. The molecule has 2 heterocycles. The number of piperidine rings is 1. The van der Waals surface area contributed by atoms with E-state index in [1.54, 1.807) is 18.4 Å². The molecule has 1 saturated heterocycles. The third kappa shape index (κ3) is 3.36. The fraction of sp³-hybridized carbons (Fsp3) is 0.375. The smallest absolute Gasteiger partial charge is 0.226 e. The van der Waals surface area contributed by atoms with Crippen molar-refractivity contribution in [1.29, 1.82) is 0 Å². The highest BCUT2D eigenvalue weighted by Crippen LogP contribution is 2.21. The van der Waals surface area contributed by atoms with Crippen molar-refractivity contribution in [3.8, 4) is 11.5 Å². The first-order valence-electron chi connectivity index (χ1n) is 7.12. The van der Waals surface area contributed by atoms with E-state index in [0.717, 1.165) is 50.0 Å².